The van der Waals surface area contributed by atoms with Crippen LogP contribution in [0.5, 0.6) is 5.88 Å². The highest BCUT2D eigenvalue weighted by atomic mass is 35.5. The zero-order valence-electron chi connectivity index (χ0n) is 13.9. The Hall–Kier alpha value is -1.82. The molecule has 0 N–H and O–H groups in total. The Balaban J connectivity index is 1.83. The van der Waals surface area contributed by atoms with Crippen LogP contribution in [0.3, 0.4) is 0 Å². The molecule has 0 radical (unpaired) electrons. The summed E-state index contributed by atoms with van der Waals surface area (Å²) in [5.74, 6) is 0.397. The van der Waals surface area contributed by atoms with Crippen LogP contribution in [0, 0.1) is 0 Å². The van der Waals surface area contributed by atoms with Gasteiger partial charge >= 0.3 is 6.09 Å². The summed E-state index contributed by atoms with van der Waals surface area (Å²) in [7, 11) is 0. The highest BCUT2D eigenvalue weighted by Gasteiger charge is 2.55. The van der Waals surface area contributed by atoms with E-state index >= 15 is 0 Å². The number of amides is 1. The van der Waals surface area contributed by atoms with Gasteiger partial charge in [0.2, 0.25) is 5.88 Å². The first kappa shape index (κ1) is 17.0. The number of ether oxygens (including phenoxy) is 2. The molecule has 1 amide bonds. The van der Waals surface area contributed by atoms with Crippen LogP contribution in [0.15, 0.2) is 24.4 Å². The maximum absolute atomic E-state index is 12.6. The van der Waals surface area contributed by atoms with Crippen molar-refractivity contribution in [1.82, 2.24) is 9.88 Å². The molecule has 2 bridgehead atoms. The van der Waals surface area contributed by atoms with Crippen molar-refractivity contribution in [3.05, 3.63) is 24.4 Å². The number of carbonyl (C=O) groups is 2. The number of ketones is 1. The minimum Gasteiger partial charge on any atom is -0.472 e. The molecule has 2 saturated heterocycles. The second-order valence-electron chi connectivity index (χ2n) is 7.16. The maximum atomic E-state index is 12.6. The minimum atomic E-state index is -0.801. The van der Waals surface area contributed by atoms with Gasteiger partial charge in [0.05, 0.1) is 6.04 Å². The number of carbonyl (C=O) groups excluding carboxylic acids is 2. The number of aromatic nitrogens is 1. The fourth-order valence-electron chi connectivity index (χ4n) is 3.27. The van der Waals surface area contributed by atoms with Gasteiger partial charge < -0.3 is 9.47 Å². The molecule has 4 unspecified atom stereocenters. The lowest BCUT2D eigenvalue weighted by atomic mass is 10.0. The Morgan fingerprint density at radius 2 is 2.12 bits per heavy atom. The van der Waals surface area contributed by atoms with E-state index < -0.39 is 23.1 Å². The summed E-state index contributed by atoms with van der Waals surface area (Å²) in [6, 6.07) is 4.56. The van der Waals surface area contributed by atoms with Crippen molar-refractivity contribution in [3.63, 3.8) is 0 Å². The van der Waals surface area contributed by atoms with Gasteiger partial charge in [-0.2, -0.15) is 0 Å². The molecule has 0 aromatic carbocycles. The summed E-state index contributed by atoms with van der Waals surface area (Å²) in [4.78, 5) is 30.4. The van der Waals surface area contributed by atoms with Gasteiger partial charge in [-0.1, -0.05) is 6.07 Å². The van der Waals surface area contributed by atoms with Gasteiger partial charge in [-0.25, -0.2) is 9.78 Å². The second kappa shape index (κ2) is 6.24. The van der Waals surface area contributed by atoms with Gasteiger partial charge in [0.15, 0.2) is 5.78 Å². The lowest BCUT2D eigenvalue weighted by molar-refractivity contribution is -0.123. The quantitative estimate of drug-likeness (QED) is 0.765. The first-order valence-corrected chi connectivity index (χ1v) is 8.46. The highest BCUT2D eigenvalue weighted by Crippen LogP contribution is 2.39. The SMILES string of the molecule is CC(C)(C)OC(=O)N1C2CC(=O)C(Cl)C1C(Oc1ccccn1)C2. The number of halogens is 1. The molecule has 130 valence electrons. The number of hydrogen-bond donors (Lipinski definition) is 0. The van der Waals surface area contributed by atoms with Crippen LogP contribution < -0.4 is 4.74 Å². The number of Topliss-reactive ketones (excluding diaryl/α,β-unsaturated/α-hetero) is 1. The number of piperidine rings is 1. The molecule has 0 spiro atoms. The van der Waals surface area contributed by atoms with Crippen molar-refractivity contribution in [2.24, 2.45) is 0 Å². The third-order valence-electron chi connectivity index (χ3n) is 4.16. The molecule has 3 rings (SSSR count). The number of hydrogen-bond acceptors (Lipinski definition) is 5. The van der Waals surface area contributed by atoms with Gasteiger partial charge in [0.1, 0.15) is 17.1 Å². The Bertz CT molecular complexity index is 631. The molecule has 2 fully saturated rings. The smallest absolute Gasteiger partial charge is 0.410 e. The van der Waals surface area contributed by atoms with Crippen molar-refractivity contribution >= 4 is 23.5 Å². The molecule has 6 nitrogen and oxygen atoms in total. The largest absolute Gasteiger partial charge is 0.472 e. The Labute approximate surface area is 146 Å². The zero-order valence-corrected chi connectivity index (χ0v) is 14.7. The molecule has 7 heteroatoms. The number of rotatable bonds is 2. The molecular formula is C17H21ClN2O4. The van der Waals surface area contributed by atoms with E-state index in [0.29, 0.717) is 12.3 Å². The van der Waals surface area contributed by atoms with Crippen molar-refractivity contribution < 1.29 is 19.1 Å². The minimum absolute atomic E-state index is 0.0569. The van der Waals surface area contributed by atoms with Crippen molar-refractivity contribution in [2.75, 3.05) is 0 Å². The van der Waals surface area contributed by atoms with E-state index in [9.17, 15) is 9.59 Å². The number of alkyl halides is 1. The summed E-state index contributed by atoms with van der Waals surface area (Å²) in [5, 5.41) is -0.801. The molecule has 1 aromatic rings. The second-order valence-corrected chi connectivity index (χ2v) is 7.63. The topological polar surface area (TPSA) is 68.7 Å². The lowest BCUT2D eigenvalue weighted by Crippen LogP contribution is -2.56. The first-order valence-electron chi connectivity index (χ1n) is 8.02. The molecule has 24 heavy (non-hydrogen) atoms. The first-order chi connectivity index (χ1) is 11.3. The van der Waals surface area contributed by atoms with E-state index in [-0.39, 0.29) is 24.3 Å². The molecule has 2 aliphatic rings. The maximum Gasteiger partial charge on any atom is 0.410 e. The number of nitrogens with zero attached hydrogens (tertiary/aromatic N) is 2. The third kappa shape index (κ3) is 3.34. The third-order valence-corrected chi connectivity index (χ3v) is 4.66. The summed E-state index contributed by atoms with van der Waals surface area (Å²) in [6.45, 7) is 5.42. The standard InChI is InChI=1S/C17H21ClN2O4/c1-17(2,3)24-16(22)20-10-8-11(21)14(18)15(20)12(9-10)23-13-6-4-5-7-19-13/h4-7,10,12,14-15H,8-9H2,1-3H3. The summed E-state index contributed by atoms with van der Waals surface area (Å²) < 4.78 is 11.4. The van der Waals surface area contributed by atoms with E-state index in [4.69, 9.17) is 21.1 Å². The number of fused-ring (bicyclic) bond motifs is 2. The van der Waals surface area contributed by atoms with E-state index in [1.807, 2.05) is 26.8 Å². The van der Waals surface area contributed by atoms with Gasteiger partial charge in [-0.3, -0.25) is 9.69 Å². The van der Waals surface area contributed by atoms with Crippen LogP contribution in [0.25, 0.3) is 0 Å². The zero-order chi connectivity index (χ0) is 17.5. The van der Waals surface area contributed by atoms with E-state index in [1.165, 1.54) is 0 Å². The van der Waals surface area contributed by atoms with E-state index in [2.05, 4.69) is 4.98 Å². The van der Waals surface area contributed by atoms with E-state index in [0.717, 1.165) is 0 Å². The average molecular weight is 353 g/mol. The van der Waals surface area contributed by atoms with Gasteiger partial charge in [0.25, 0.3) is 0 Å². The van der Waals surface area contributed by atoms with Crippen LogP contribution in [0.1, 0.15) is 33.6 Å². The van der Waals surface area contributed by atoms with Crippen LogP contribution in [-0.2, 0) is 9.53 Å². The monoisotopic (exact) mass is 352 g/mol. The molecule has 0 aliphatic carbocycles. The summed E-state index contributed by atoms with van der Waals surface area (Å²) in [6.07, 6.45) is 1.56. The lowest BCUT2D eigenvalue weighted by Gasteiger charge is -2.38. The Morgan fingerprint density at radius 3 is 2.75 bits per heavy atom. The summed E-state index contributed by atoms with van der Waals surface area (Å²) >= 11 is 6.33. The molecular weight excluding hydrogens is 332 g/mol. The normalized spacial score (nSPS) is 29.5. The summed E-state index contributed by atoms with van der Waals surface area (Å²) in [5.41, 5.74) is -0.614. The van der Waals surface area contributed by atoms with Crippen LogP contribution in [-0.4, -0.2) is 50.9 Å². The van der Waals surface area contributed by atoms with Crippen LogP contribution in [0.4, 0.5) is 4.79 Å². The Kier molecular flexibility index (Phi) is 4.42. The molecule has 1 aromatic heterocycles. The Morgan fingerprint density at radius 1 is 1.38 bits per heavy atom. The fraction of sp³-hybridized carbons (Fsp3) is 0.588. The predicted molar refractivity (Wildman–Crippen MR) is 88.2 cm³/mol. The van der Waals surface area contributed by atoms with Crippen LogP contribution in [0.2, 0.25) is 0 Å². The molecule has 2 aliphatic heterocycles. The number of pyridine rings is 1. The fourth-order valence-corrected chi connectivity index (χ4v) is 3.64. The molecule has 4 atom stereocenters. The highest BCUT2D eigenvalue weighted by molar-refractivity contribution is 6.32. The van der Waals surface area contributed by atoms with Gasteiger partial charge in [-0.15, -0.1) is 11.6 Å². The van der Waals surface area contributed by atoms with Crippen molar-refractivity contribution in [3.8, 4) is 5.88 Å². The predicted octanol–water partition coefficient (Wildman–Crippen LogP) is 2.79. The molecule has 3 heterocycles. The van der Waals surface area contributed by atoms with Crippen LogP contribution >= 0.6 is 11.6 Å². The van der Waals surface area contributed by atoms with Gasteiger partial charge in [0, 0.05) is 31.1 Å². The van der Waals surface area contributed by atoms with Gasteiger partial charge in [-0.05, 0) is 26.8 Å². The molecule has 0 saturated carbocycles. The van der Waals surface area contributed by atoms with Crippen molar-refractivity contribution in [2.45, 2.75) is 62.8 Å². The van der Waals surface area contributed by atoms with Crippen molar-refractivity contribution in [1.29, 1.82) is 0 Å². The van der Waals surface area contributed by atoms with E-state index in [1.54, 1.807) is 23.2 Å². The average Bonchev–Trinajstić information content (AvgIpc) is 2.77.